The van der Waals surface area contributed by atoms with Gasteiger partial charge in [-0.2, -0.15) is 0 Å². The van der Waals surface area contributed by atoms with Gasteiger partial charge in [0.25, 0.3) is 0 Å². The average Bonchev–Trinajstić information content (AvgIpc) is 2.78. The first kappa shape index (κ1) is 22.3. The number of methoxy groups -OCH3 is 1. The van der Waals surface area contributed by atoms with Crippen LogP contribution in [0.4, 0.5) is 0 Å². The molecular weight excluding hydrogens is 376 g/mol. The lowest BCUT2D eigenvalue weighted by molar-refractivity contribution is -0.137. The molecule has 1 saturated heterocycles. The van der Waals surface area contributed by atoms with Crippen LogP contribution in [0, 0.1) is 0 Å². The van der Waals surface area contributed by atoms with E-state index in [0.29, 0.717) is 12.1 Å². The van der Waals surface area contributed by atoms with E-state index in [1.165, 1.54) is 17.5 Å². The Bertz CT molecular complexity index is 781. The van der Waals surface area contributed by atoms with Crippen molar-refractivity contribution in [2.24, 2.45) is 0 Å². The third-order valence-corrected chi connectivity index (χ3v) is 5.96. The molecule has 162 valence electrons. The summed E-state index contributed by atoms with van der Waals surface area (Å²) in [5.74, 6) is 0.225. The summed E-state index contributed by atoms with van der Waals surface area (Å²) >= 11 is 0. The largest absolute Gasteiger partial charge is 0.496 e. The third-order valence-electron chi connectivity index (χ3n) is 5.96. The minimum Gasteiger partial charge on any atom is -0.496 e. The fourth-order valence-corrected chi connectivity index (χ4v) is 4.48. The Balaban J connectivity index is 1.67. The van der Waals surface area contributed by atoms with Crippen molar-refractivity contribution in [1.29, 1.82) is 0 Å². The predicted octanol–water partition coefficient (Wildman–Crippen LogP) is 4.64. The van der Waals surface area contributed by atoms with Crippen molar-refractivity contribution in [1.82, 2.24) is 10.2 Å². The van der Waals surface area contributed by atoms with E-state index in [0.717, 1.165) is 51.1 Å². The third kappa shape index (κ3) is 6.31. The number of unbranched alkanes of at least 4 members (excludes halogenated alkanes) is 2. The maximum absolute atomic E-state index is 10.8. The number of hydrogen-bond donors (Lipinski definition) is 2. The zero-order valence-electron chi connectivity index (χ0n) is 17.9. The zero-order chi connectivity index (χ0) is 21.2. The number of hydrogen-bond acceptors (Lipinski definition) is 4. The molecule has 0 aromatic heterocycles. The van der Waals surface area contributed by atoms with Crippen molar-refractivity contribution in [3.05, 3.63) is 65.7 Å². The van der Waals surface area contributed by atoms with Gasteiger partial charge < -0.3 is 15.2 Å². The minimum absolute atomic E-state index is 0.269. The van der Waals surface area contributed by atoms with Gasteiger partial charge in [0.05, 0.1) is 13.2 Å². The SMILES string of the molecule is COc1ccccc1CN[C@H]1CCCN(CCCCCC(=O)O)[C@H]1c1ccccc1. The monoisotopic (exact) mass is 410 g/mol. The van der Waals surface area contributed by atoms with E-state index in [1.54, 1.807) is 7.11 Å². The molecule has 1 aliphatic heterocycles. The van der Waals surface area contributed by atoms with Gasteiger partial charge in [0, 0.05) is 24.6 Å². The van der Waals surface area contributed by atoms with Crippen LogP contribution in [0.2, 0.25) is 0 Å². The summed E-state index contributed by atoms with van der Waals surface area (Å²) in [6, 6.07) is 19.6. The molecule has 0 bridgehead atoms. The normalized spacial score (nSPS) is 19.5. The number of rotatable bonds is 11. The number of benzene rings is 2. The first-order valence-corrected chi connectivity index (χ1v) is 11.0. The number of likely N-dealkylation sites (tertiary alicyclic amines) is 1. The Labute approximate surface area is 180 Å². The fourth-order valence-electron chi connectivity index (χ4n) is 4.48. The molecule has 0 spiro atoms. The summed E-state index contributed by atoms with van der Waals surface area (Å²) < 4.78 is 5.52. The molecule has 5 heteroatoms. The molecule has 2 N–H and O–H groups in total. The van der Waals surface area contributed by atoms with Crippen LogP contribution >= 0.6 is 0 Å². The van der Waals surface area contributed by atoms with E-state index in [-0.39, 0.29) is 6.42 Å². The molecule has 0 saturated carbocycles. The van der Waals surface area contributed by atoms with Crippen molar-refractivity contribution in [2.45, 2.75) is 57.2 Å². The lowest BCUT2D eigenvalue weighted by Gasteiger charge is -2.42. The number of para-hydroxylation sites is 1. The second-order valence-electron chi connectivity index (χ2n) is 8.04. The lowest BCUT2D eigenvalue weighted by Crippen LogP contribution is -2.48. The summed E-state index contributed by atoms with van der Waals surface area (Å²) in [4.78, 5) is 13.3. The zero-order valence-corrected chi connectivity index (χ0v) is 17.9. The van der Waals surface area contributed by atoms with Gasteiger partial charge in [-0.15, -0.1) is 0 Å². The smallest absolute Gasteiger partial charge is 0.303 e. The van der Waals surface area contributed by atoms with Crippen molar-refractivity contribution in [2.75, 3.05) is 20.2 Å². The Kier molecular flexibility index (Phi) is 8.72. The number of carboxylic acid groups (broad SMARTS) is 1. The van der Waals surface area contributed by atoms with E-state index < -0.39 is 5.97 Å². The topological polar surface area (TPSA) is 61.8 Å². The number of carboxylic acids is 1. The van der Waals surface area contributed by atoms with Crippen molar-refractivity contribution >= 4 is 5.97 Å². The molecule has 0 unspecified atom stereocenters. The van der Waals surface area contributed by atoms with Crippen LogP contribution in [0.3, 0.4) is 0 Å². The standard InChI is InChI=1S/C25H34N2O3/c1-30-23-15-8-7-13-21(23)19-26-22-14-10-18-27(17-9-3-6-16-24(28)29)25(22)20-11-4-2-5-12-20/h2,4-5,7-8,11-13,15,22,25-26H,3,6,9-10,14,16-19H2,1H3,(H,28,29)/t22-,25-/m0/s1. The molecule has 2 aromatic rings. The fraction of sp³-hybridized carbons (Fsp3) is 0.480. The molecule has 2 atom stereocenters. The molecule has 1 aliphatic rings. The van der Waals surface area contributed by atoms with Crippen molar-refractivity contribution < 1.29 is 14.6 Å². The summed E-state index contributed by atoms with van der Waals surface area (Å²) in [6.45, 7) is 2.88. The highest BCUT2D eigenvalue weighted by Gasteiger charge is 2.32. The van der Waals surface area contributed by atoms with Crippen LogP contribution in [-0.2, 0) is 11.3 Å². The molecule has 1 heterocycles. The van der Waals surface area contributed by atoms with Gasteiger partial charge in [0.15, 0.2) is 0 Å². The predicted molar refractivity (Wildman–Crippen MR) is 120 cm³/mol. The van der Waals surface area contributed by atoms with Crippen LogP contribution in [0.1, 0.15) is 55.7 Å². The van der Waals surface area contributed by atoms with Crippen LogP contribution in [0.5, 0.6) is 5.75 Å². The molecule has 0 radical (unpaired) electrons. The maximum Gasteiger partial charge on any atom is 0.303 e. The second kappa shape index (κ2) is 11.7. The van der Waals surface area contributed by atoms with Gasteiger partial charge in [0.1, 0.15) is 5.75 Å². The van der Waals surface area contributed by atoms with Crippen LogP contribution < -0.4 is 10.1 Å². The van der Waals surface area contributed by atoms with Gasteiger partial charge in [0.2, 0.25) is 0 Å². The highest BCUT2D eigenvalue weighted by molar-refractivity contribution is 5.66. The molecule has 1 fully saturated rings. The molecule has 3 rings (SSSR count). The van der Waals surface area contributed by atoms with E-state index >= 15 is 0 Å². The maximum atomic E-state index is 10.8. The molecule has 5 nitrogen and oxygen atoms in total. The van der Waals surface area contributed by atoms with Gasteiger partial charge in [-0.3, -0.25) is 9.69 Å². The Morgan fingerprint density at radius 1 is 1.10 bits per heavy atom. The number of aliphatic carboxylic acids is 1. The first-order valence-electron chi connectivity index (χ1n) is 11.0. The average molecular weight is 411 g/mol. The molecule has 2 aromatic carbocycles. The van der Waals surface area contributed by atoms with Gasteiger partial charge in [-0.05, 0) is 50.4 Å². The molecule has 0 amide bonds. The first-order chi connectivity index (χ1) is 14.7. The minimum atomic E-state index is -0.698. The second-order valence-corrected chi connectivity index (χ2v) is 8.04. The molecule has 0 aliphatic carbocycles. The van der Waals surface area contributed by atoms with E-state index in [4.69, 9.17) is 9.84 Å². The Morgan fingerprint density at radius 3 is 2.63 bits per heavy atom. The van der Waals surface area contributed by atoms with Gasteiger partial charge in [-0.1, -0.05) is 55.0 Å². The lowest BCUT2D eigenvalue weighted by atomic mass is 9.89. The summed E-state index contributed by atoms with van der Waals surface area (Å²) in [5.41, 5.74) is 2.53. The summed E-state index contributed by atoms with van der Waals surface area (Å²) in [6.07, 6.45) is 5.34. The van der Waals surface area contributed by atoms with Crippen LogP contribution in [0.15, 0.2) is 54.6 Å². The summed E-state index contributed by atoms with van der Waals surface area (Å²) in [7, 11) is 1.72. The number of ether oxygens (including phenoxy) is 1. The van der Waals surface area contributed by atoms with Crippen molar-refractivity contribution in [3.8, 4) is 5.75 Å². The highest BCUT2D eigenvalue weighted by atomic mass is 16.5. The van der Waals surface area contributed by atoms with Crippen LogP contribution in [0.25, 0.3) is 0 Å². The van der Waals surface area contributed by atoms with E-state index in [2.05, 4.69) is 52.7 Å². The number of nitrogens with one attached hydrogen (secondary N) is 1. The molecular formula is C25H34N2O3. The molecule has 30 heavy (non-hydrogen) atoms. The summed E-state index contributed by atoms with van der Waals surface area (Å²) in [5, 5.41) is 12.7. The van der Waals surface area contributed by atoms with Gasteiger partial charge in [-0.25, -0.2) is 0 Å². The van der Waals surface area contributed by atoms with Crippen LogP contribution in [-0.4, -0.2) is 42.2 Å². The Hall–Kier alpha value is -2.37. The van der Waals surface area contributed by atoms with E-state index in [9.17, 15) is 4.79 Å². The van der Waals surface area contributed by atoms with Crippen molar-refractivity contribution in [3.63, 3.8) is 0 Å². The van der Waals surface area contributed by atoms with Gasteiger partial charge >= 0.3 is 5.97 Å². The highest BCUT2D eigenvalue weighted by Crippen LogP contribution is 2.32. The van der Waals surface area contributed by atoms with E-state index in [1.807, 2.05) is 12.1 Å². The number of carbonyl (C=O) groups is 1. The quantitative estimate of drug-likeness (QED) is 0.529. The Morgan fingerprint density at radius 2 is 1.87 bits per heavy atom. The number of nitrogens with zero attached hydrogens (tertiary/aromatic N) is 1. The number of piperidine rings is 1.